The lowest BCUT2D eigenvalue weighted by Crippen LogP contribution is -2.17. The predicted octanol–water partition coefficient (Wildman–Crippen LogP) is 3.24. The Labute approximate surface area is 95.0 Å². The largest absolute Gasteiger partial charge is 0.393 e. The van der Waals surface area contributed by atoms with E-state index in [1.54, 1.807) is 7.11 Å². The van der Waals surface area contributed by atoms with Crippen LogP contribution in [0.4, 0.5) is 0 Å². The monoisotopic (exact) mass is 216 g/mol. The van der Waals surface area contributed by atoms with Gasteiger partial charge in [0.25, 0.3) is 0 Å². The van der Waals surface area contributed by atoms with Crippen LogP contribution in [0.1, 0.15) is 53.4 Å². The average molecular weight is 216 g/mol. The van der Waals surface area contributed by atoms with Gasteiger partial charge in [-0.1, -0.05) is 27.7 Å². The van der Waals surface area contributed by atoms with Gasteiger partial charge < -0.3 is 9.84 Å². The van der Waals surface area contributed by atoms with Gasteiger partial charge in [-0.3, -0.25) is 0 Å². The molecule has 0 radical (unpaired) electrons. The lowest BCUT2D eigenvalue weighted by molar-refractivity contribution is 0.107. The fourth-order valence-corrected chi connectivity index (χ4v) is 2.17. The maximum Gasteiger partial charge on any atom is 0.0543 e. The number of aliphatic hydroxyl groups excluding tert-OH is 1. The summed E-state index contributed by atoms with van der Waals surface area (Å²) >= 11 is 0. The van der Waals surface area contributed by atoms with Crippen LogP contribution >= 0.6 is 0 Å². The predicted molar refractivity (Wildman–Crippen MR) is 65.0 cm³/mol. The van der Waals surface area contributed by atoms with E-state index in [4.69, 9.17) is 4.74 Å². The number of hydrogen-bond acceptors (Lipinski definition) is 2. The number of ether oxygens (including phenoxy) is 1. The van der Waals surface area contributed by atoms with Crippen molar-refractivity contribution in [1.29, 1.82) is 0 Å². The van der Waals surface area contributed by atoms with Crippen molar-refractivity contribution in [3.8, 4) is 0 Å². The molecule has 0 amide bonds. The molecule has 2 atom stereocenters. The molecular weight excluding hydrogens is 188 g/mol. The molecule has 0 saturated carbocycles. The van der Waals surface area contributed by atoms with Gasteiger partial charge in [0.2, 0.25) is 0 Å². The summed E-state index contributed by atoms with van der Waals surface area (Å²) in [6, 6.07) is 0. The highest BCUT2D eigenvalue weighted by Gasteiger charge is 2.17. The van der Waals surface area contributed by atoms with E-state index < -0.39 is 0 Å². The highest BCUT2D eigenvalue weighted by atomic mass is 16.5. The van der Waals surface area contributed by atoms with E-state index in [0.29, 0.717) is 11.3 Å². The minimum atomic E-state index is -0.155. The molecule has 0 aromatic carbocycles. The second kappa shape index (κ2) is 7.24. The molecule has 0 rings (SSSR count). The Bertz CT molecular complexity index is 149. The van der Waals surface area contributed by atoms with Crippen LogP contribution in [-0.2, 0) is 4.74 Å². The van der Waals surface area contributed by atoms with Crippen molar-refractivity contribution < 1.29 is 9.84 Å². The van der Waals surface area contributed by atoms with Crippen molar-refractivity contribution in [1.82, 2.24) is 0 Å². The smallest absolute Gasteiger partial charge is 0.0543 e. The average Bonchev–Trinajstić information content (AvgIpc) is 2.00. The Morgan fingerprint density at radius 2 is 1.87 bits per heavy atom. The van der Waals surface area contributed by atoms with Gasteiger partial charge in [0, 0.05) is 13.7 Å². The summed E-state index contributed by atoms with van der Waals surface area (Å²) in [7, 11) is 1.70. The molecule has 0 aliphatic rings. The van der Waals surface area contributed by atoms with Crippen molar-refractivity contribution in [3.63, 3.8) is 0 Å². The second-order valence-corrected chi connectivity index (χ2v) is 5.89. The Kier molecular flexibility index (Phi) is 7.20. The van der Waals surface area contributed by atoms with Crippen molar-refractivity contribution in [2.24, 2.45) is 11.3 Å². The van der Waals surface area contributed by atoms with E-state index in [1.807, 2.05) is 0 Å². The van der Waals surface area contributed by atoms with Crippen LogP contribution in [0.3, 0.4) is 0 Å². The zero-order valence-corrected chi connectivity index (χ0v) is 11.0. The minimum Gasteiger partial charge on any atom is -0.393 e. The summed E-state index contributed by atoms with van der Waals surface area (Å²) in [5.74, 6) is 0.600. The van der Waals surface area contributed by atoms with Crippen LogP contribution in [0, 0.1) is 11.3 Å². The summed E-state index contributed by atoms with van der Waals surface area (Å²) in [6.45, 7) is 9.73. The topological polar surface area (TPSA) is 29.5 Å². The molecule has 15 heavy (non-hydrogen) atoms. The summed E-state index contributed by atoms with van der Waals surface area (Å²) in [5, 5.41) is 9.79. The number of methoxy groups -OCH3 is 1. The molecular formula is C13H28O2. The van der Waals surface area contributed by atoms with Gasteiger partial charge in [0.1, 0.15) is 0 Å². The normalized spacial score (nSPS) is 16.4. The molecule has 0 aromatic heterocycles. The Balaban J connectivity index is 3.62. The first-order valence-corrected chi connectivity index (χ1v) is 6.02. The highest BCUT2D eigenvalue weighted by Crippen LogP contribution is 2.27. The number of aliphatic hydroxyl groups is 1. The Morgan fingerprint density at radius 3 is 2.33 bits per heavy atom. The third-order valence-corrected chi connectivity index (χ3v) is 2.52. The summed E-state index contributed by atoms with van der Waals surface area (Å²) in [5.41, 5.74) is 0.367. The van der Waals surface area contributed by atoms with Crippen LogP contribution in [0.15, 0.2) is 0 Å². The first kappa shape index (κ1) is 14.9. The van der Waals surface area contributed by atoms with Crippen molar-refractivity contribution in [3.05, 3.63) is 0 Å². The van der Waals surface area contributed by atoms with Gasteiger partial charge >= 0.3 is 0 Å². The van der Waals surface area contributed by atoms with Crippen molar-refractivity contribution in [2.45, 2.75) is 59.5 Å². The van der Waals surface area contributed by atoms with Gasteiger partial charge in [0.15, 0.2) is 0 Å². The van der Waals surface area contributed by atoms with Crippen LogP contribution in [0.25, 0.3) is 0 Å². The molecule has 2 heteroatoms. The minimum absolute atomic E-state index is 0.155. The molecule has 2 nitrogen and oxygen atoms in total. The third-order valence-electron chi connectivity index (χ3n) is 2.52. The zero-order valence-electron chi connectivity index (χ0n) is 11.0. The first-order chi connectivity index (χ1) is 6.85. The quantitative estimate of drug-likeness (QED) is 0.662. The maximum atomic E-state index is 9.79. The van der Waals surface area contributed by atoms with E-state index in [9.17, 15) is 5.11 Å². The molecule has 0 spiro atoms. The summed E-state index contributed by atoms with van der Waals surface area (Å²) in [6.07, 6.45) is 3.76. The molecule has 92 valence electrons. The summed E-state index contributed by atoms with van der Waals surface area (Å²) in [4.78, 5) is 0. The van der Waals surface area contributed by atoms with Crippen LogP contribution in [0.5, 0.6) is 0 Å². The number of rotatable bonds is 7. The Hall–Kier alpha value is -0.0800. The first-order valence-electron chi connectivity index (χ1n) is 6.02. The van der Waals surface area contributed by atoms with Crippen LogP contribution in [0.2, 0.25) is 0 Å². The molecule has 2 unspecified atom stereocenters. The molecule has 1 N–H and O–H groups in total. The summed E-state index contributed by atoms with van der Waals surface area (Å²) < 4.78 is 4.97. The Morgan fingerprint density at radius 1 is 1.27 bits per heavy atom. The molecule has 0 aliphatic carbocycles. The van der Waals surface area contributed by atoms with Crippen molar-refractivity contribution in [2.75, 3.05) is 13.7 Å². The fraction of sp³-hybridized carbons (Fsp3) is 1.00. The molecule has 0 aliphatic heterocycles. The van der Waals surface area contributed by atoms with Crippen LogP contribution in [-0.4, -0.2) is 24.9 Å². The van der Waals surface area contributed by atoms with E-state index in [2.05, 4.69) is 27.7 Å². The maximum absolute atomic E-state index is 9.79. The number of hydrogen-bond donors (Lipinski definition) is 1. The van der Waals surface area contributed by atoms with E-state index in [0.717, 1.165) is 25.9 Å². The SMILES string of the molecule is COCCCC(O)CC(C)CC(C)(C)C. The molecule has 0 heterocycles. The van der Waals surface area contributed by atoms with E-state index >= 15 is 0 Å². The molecule has 0 bridgehead atoms. The van der Waals surface area contributed by atoms with Gasteiger partial charge in [-0.2, -0.15) is 0 Å². The second-order valence-electron chi connectivity index (χ2n) is 5.89. The standard InChI is InChI=1S/C13H28O2/c1-11(10-13(2,3)4)9-12(14)7-6-8-15-5/h11-12,14H,6-10H2,1-5H3. The molecule has 0 aromatic rings. The lowest BCUT2D eigenvalue weighted by atomic mass is 9.83. The zero-order chi connectivity index (χ0) is 11.9. The molecule has 0 fully saturated rings. The lowest BCUT2D eigenvalue weighted by Gasteiger charge is -2.24. The van der Waals surface area contributed by atoms with E-state index in [-0.39, 0.29) is 6.10 Å². The van der Waals surface area contributed by atoms with Crippen molar-refractivity contribution >= 4 is 0 Å². The van der Waals surface area contributed by atoms with Gasteiger partial charge in [-0.25, -0.2) is 0 Å². The third kappa shape index (κ3) is 10.2. The van der Waals surface area contributed by atoms with Crippen LogP contribution < -0.4 is 0 Å². The fourth-order valence-electron chi connectivity index (χ4n) is 2.17. The van der Waals surface area contributed by atoms with Gasteiger partial charge in [0.05, 0.1) is 6.10 Å². The van der Waals surface area contributed by atoms with E-state index in [1.165, 1.54) is 6.42 Å². The highest BCUT2D eigenvalue weighted by molar-refractivity contribution is 4.69. The van der Waals surface area contributed by atoms with Gasteiger partial charge in [-0.15, -0.1) is 0 Å². The van der Waals surface area contributed by atoms with Gasteiger partial charge in [-0.05, 0) is 37.0 Å². The molecule has 0 saturated heterocycles.